The maximum atomic E-state index is 12.3. The van der Waals surface area contributed by atoms with Crippen molar-refractivity contribution in [3.05, 3.63) is 0 Å². The highest BCUT2D eigenvalue weighted by Gasteiger charge is 2.53. The van der Waals surface area contributed by atoms with Gasteiger partial charge in [0.15, 0.2) is 5.54 Å². The number of alkyl halides is 3. The van der Waals surface area contributed by atoms with Crippen LogP contribution >= 0.6 is 0 Å². The van der Waals surface area contributed by atoms with Gasteiger partial charge in [0.25, 0.3) is 0 Å². The number of carboxylic acid groups (broad SMARTS) is 1. The first kappa shape index (κ1) is 15.7. The predicted molar refractivity (Wildman–Crippen MR) is 53.1 cm³/mol. The van der Waals surface area contributed by atoms with Crippen LogP contribution in [0.25, 0.3) is 0 Å². The van der Waals surface area contributed by atoms with Crippen molar-refractivity contribution < 1.29 is 27.9 Å². The van der Waals surface area contributed by atoms with Gasteiger partial charge in [-0.1, -0.05) is 6.92 Å². The Morgan fingerprint density at radius 2 is 1.88 bits per heavy atom. The third-order valence-electron chi connectivity index (χ3n) is 2.19. The van der Waals surface area contributed by atoms with E-state index in [2.05, 4.69) is 0 Å². The van der Waals surface area contributed by atoms with Crippen molar-refractivity contribution in [3.8, 4) is 0 Å². The molecule has 2 unspecified atom stereocenters. The smallest absolute Gasteiger partial charge is 0.415 e. The van der Waals surface area contributed by atoms with Crippen LogP contribution in [0.15, 0.2) is 0 Å². The quantitative estimate of drug-likeness (QED) is 0.667. The van der Waals surface area contributed by atoms with E-state index in [9.17, 15) is 22.8 Å². The fourth-order valence-electron chi connectivity index (χ4n) is 0.950. The molecule has 100 valence electrons. The standard InChI is InChI=1S/C9H15F3N2O3/c1-5(3-6(15)16)4-14-7(17)8(2,13)9(10,11)12/h5H,3-4,13H2,1-2H3,(H,14,17)(H,15,16). The third kappa shape index (κ3) is 4.59. The number of carboxylic acids is 1. The zero-order valence-corrected chi connectivity index (χ0v) is 9.47. The fraction of sp³-hybridized carbons (Fsp3) is 0.778. The molecule has 0 aromatic rings. The van der Waals surface area contributed by atoms with Crippen molar-refractivity contribution in [1.82, 2.24) is 5.32 Å². The molecular weight excluding hydrogens is 241 g/mol. The van der Waals surface area contributed by atoms with Gasteiger partial charge in [0.05, 0.1) is 0 Å². The van der Waals surface area contributed by atoms with Gasteiger partial charge in [0.2, 0.25) is 5.91 Å². The summed E-state index contributed by atoms with van der Waals surface area (Å²) in [6.07, 6.45) is -5.10. The summed E-state index contributed by atoms with van der Waals surface area (Å²) in [6, 6.07) is 0. The summed E-state index contributed by atoms with van der Waals surface area (Å²) in [5, 5.41) is 10.4. The second kappa shape index (κ2) is 5.35. The van der Waals surface area contributed by atoms with E-state index in [0.29, 0.717) is 6.92 Å². The van der Waals surface area contributed by atoms with Gasteiger partial charge in [0, 0.05) is 13.0 Å². The topological polar surface area (TPSA) is 92.4 Å². The second-order valence-corrected chi connectivity index (χ2v) is 4.11. The van der Waals surface area contributed by atoms with E-state index in [4.69, 9.17) is 10.8 Å². The van der Waals surface area contributed by atoms with Crippen LogP contribution < -0.4 is 11.1 Å². The Hall–Kier alpha value is -1.31. The molecule has 0 fully saturated rings. The van der Waals surface area contributed by atoms with Gasteiger partial charge >= 0.3 is 12.1 Å². The average molecular weight is 256 g/mol. The lowest BCUT2D eigenvalue weighted by Crippen LogP contribution is -2.61. The van der Waals surface area contributed by atoms with Crippen LogP contribution in [0.4, 0.5) is 13.2 Å². The number of hydrogen-bond acceptors (Lipinski definition) is 3. The maximum absolute atomic E-state index is 12.3. The molecule has 0 aliphatic carbocycles. The number of halogens is 3. The summed E-state index contributed by atoms with van der Waals surface area (Å²) in [7, 11) is 0. The van der Waals surface area contributed by atoms with Gasteiger partial charge in [0.1, 0.15) is 0 Å². The molecule has 0 heterocycles. The lowest BCUT2D eigenvalue weighted by Gasteiger charge is -2.26. The van der Waals surface area contributed by atoms with Crippen LogP contribution in [0, 0.1) is 5.92 Å². The normalized spacial score (nSPS) is 17.1. The van der Waals surface area contributed by atoms with Gasteiger partial charge in [-0.05, 0) is 12.8 Å². The van der Waals surface area contributed by atoms with E-state index in [1.54, 1.807) is 0 Å². The molecule has 2 atom stereocenters. The Morgan fingerprint density at radius 3 is 2.24 bits per heavy atom. The molecule has 0 aliphatic heterocycles. The Balaban J connectivity index is 4.33. The predicted octanol–water partition coefficient (Wildman–Crippen LogP) is 0.493. The van der Waals surface area contributed by atoms with Crippen LogP contribution in [0.3, 0.4) is 0 Å². The van der Waals surface area contributed by atoms with E-state index >= 15 is 0 Å². The van der Waals surface area contributed by atoms with Gasteiger partial charge in [-0.15, -0.1) is 0 Å². The number of nitrogens with two attached hydrogens (primary N) is 1. The highest BCUT2D eigenvalue weighted by Crippen LogP contribution is 2.27. The Labute approximate surface area is 96.2 Å². The molecule has 0 aromatic heterocycles. The zero-order chi connectivity index (χ0) is 13.9. The number of amides is 1. The molecule has 17 heavy (non-hydrogen) atoms. The van der Waals surface area contributed by atoms with Crippen molar-refractivity contribution in [3.63, 3.8) is 0 Å². The molecule has 1 amide bonds. The van der Waals surface area contributed by atoms with Gasteiger partial charge in [-0.25, -0.2) is 0 Å². The lowest BCUT2D eigenvalue weighted by atomic mass is 10.0. The van der Waals surface area contributed by atoms with Gasteiger partial charge in [-0.3, -0.25) is 9.59 Å². The molecule has 0 aliphatic rings. The van der Waals surface area contributed by atoms with E-state index in [1.165, 1.54) is 6.92 Å². The molecule has 0 aromatic carbocycles. The first-order chi connectivity index (χ1) is 7.48. The summed E-state index contributed by atoms with van der Waals surface area (Å²) in [4.78, 5) is 21.5. The van der Waals surface area contributed by atoms with Crippen LogP contribution in [0.2, 0.25) is 0 Å². The van der Waals surface area contributed by atoms with Crippen molar-refractivity contribution in [1.29, 1.82) is 0 Å². The first-order valence-electron chi connectivity index (χ1n) is 4.84. The first-order valence-corrected chi connectivity index (χ1v) is 4.84. The summed E-state index contributed by atoms with van der Waals surface area (Å²) in [5.41, 5.74) is 1.90. The number of aliphatic carboxylic acids is 1. The number of nitrogens with one attached hydrogen (secondary N) is 1. The SMILES string of the molecule is CC(CNC(=O)C(C)(N)C(F)(F)F)CC(=O)O. The van der Waals surface area contributed by atoms with Crippen LogP contribution in [-0.4, -0.2) is 35.2 Å². The average Bonchev–Trinajstić information content (AvgIpc) is 2.10. The van der Waals surface area contributed by atoms with E-state index in [-0.39, 0.29) is 13.0 Å². The van der Waals surface area contributed by atoms with Crippen molar-refractivity contribution >= 4 is 11.9 Å². The Morgan fingerprint density at radius 1 is 1.41 bits per heavy atom. The third-order valence-corrected chi connectivity index (χ3v) is 2.19. The zero-order valence-electron chi connectivity index (χ0n) is 9.47. The number of carbonyl (C=O) groups excluding carboxylic acids is 1. The maximum Gasteiger partial charge on any atom is 0.415 e. The fourth-order valence-corrected chi connectivity index (χ4v) is 0.950. The van der Waals surface area contributed by atoms with E-state index < -0.39 is 29.5 Å². The van der Waals surface area contributed by atoms with Crippen molar-refractivity contribution in [2.45, 2.75) is 32.0 Å². The summed E-state index contributed by atoms with van der Waals surface area (Å²) < 4.78 is 37.0. The molecule has 0 radical (unpaired) electrons. The van der Waals surface area contributed by atoms with Crippen LogP contribution in [0.5, 0.6) is 0 Å². The molecular formula is C9H15F3N2O3. The molecule has 0 spiro atoms. The molecule has 8 heteroatoms. The molecule has 0 rings (SSSR count). The minimum Gasteiger partial charge on any atom is -0.481 e. The molecule has 0 saturated carbocycles. The van der Waals surface area contributed by atoms with Gasteiger partial charge < -0.3 is 16.2 Å². The molecule has 0 saturated heterocycles. The highest BCUT2D eigenvalue weighted by molar-refractivity contribution is 5.86. The lowest BCUT2D eigenvalue weighted by molar-refractivity contribution is -0.187. The minimum atomic E-state index is -4.85. The Kier molecular flexibility index (Phi) is 4.94. The van der Waals surface area contributed by atoms with E-state index in [1.807, 2.05) is 5.32 Å². The van der Waals surface area contributed by atoms with Crippen LogP contribution in [-0.2, 0) is 9.59 Å². The van der Waals surface area contributed by atoms with Gasteiger partial charge in [-0.2, -0.15) is 13.2 Å². The van der Waals surface area contributed by atoms with E-state index in [0.717, 1.165) is 0 Å². The highest BCUT2D eigenvalue weighted by atomic mass is 19.4. The molecule has 0 bridgehead atoms. The van der Waals surface area contributed by atoms with Crippen molar-refractivity contribution in [2.75, 3.05) is 6.54 Å². The van der Waals surface area contributed by atoms with Crippen molar-refractivity contribution in [2.24, 2.45) is 11.7 Å². The number of hydrogen-bond donors (Lipinski definition) is 3. The summed E-state index contributed by atoms with van der Waals surface area (Å²) in [6.45, 7) is 1.88. The monoisotopic (exact) mass is 256 g/mol. The largest absolute Gasteiger partial charge is 0.481 e. The number of carbonyl (C=O) groups is 2. The van der Waals surface area contributed by atoms with Crippen LogP contribution in [0.1, 0.15) is 20.3 Å². The minimum absolute atomic E-state index is 0.173. The summed E-state index contributed by atoms with van der Waals surface area (Å²) in [5.74, 6) is -2.93. The Bertz CT molecular complexity index is 302. The molecule has 5 nitrogen and oxygen atoms in total. The second-order valence-electron chi connectivity index (χ2n) is 4.11. The number of rotatable bonds is 5. The molecule has 4 N–H and O–H groups in total. The summed E-state index contributed by atoms with van der Waals surface area (Å²) >= 11 is 0.